The molecule has 7 nitrogen and oxygen atoms in total. The number of unbranched alkanes of at least 4 members (excludes halogenated alkanes) is 1. The molecule has 0 saturated carbocycles. The number of ether oxygens (including phenoxy) is 3. The van der Waals surface area contributed by atoms with Crippen LogP contribution in [0.15, 0.2) is 133 Å². The molecule has 1 amide bonds. The van der Waals surface area contributed by atoms with Gasteiger partial charge in [-0.3, -0.25) is 5.32 Å². The van der Waals surface area contributed by atoms with Gasteiger partial charge in [-0.1, -0.05) is 121 Å². The molecule has 2 N–H and O–H groups in total. The average molecular weight is 807 g/mol. The summed E-state index contributed by atoms with van der Waals surface area (Å²) in [5.41, 5.74) is 5.81. The average Bonchev–Trinajstić information content (AvgIpc) is 3.60. The molecule has 0 aliphatic heterocycles. The number of esters is 1. The minimum absolute atomic E-state index is 0.115. The first-order chi connectivity index (χ1) is 28.6. The number of methoxy groups -OCH3 is 1. The Labute approximate surface area is 337 Å². The molecule has 59 heavy (non-hydrogen) atoms. The number of hydrogen-bond acceptors (Lipinski definition) is 6. The van der Waals surface area contributed by atoms with Crippen molar-refractivity contribution >= 4 is 12.1 Å². The van der Waals surface area contributed by atoms with Gasteiger partial charge in [0.05, 0.1) is 12.6 Å². The minimum Gasteiger partial charge on any atom is -0.497 e. The highest BCUT2D eigenvalue weighted by Crippen LogP contribution is 2.44. The zero-order valence-corrected chi connectivity index (χ0v) is 31.8. The van der Waals surface area contributed by atoms with Crippen molar-refractivity contribution < 1.29 is 45.8 Å². The van der Waals surface area contributed by atoms with E-state index in [1.165, 1.54) is 0 Å². The quantitative estimate of drug-likeness (QED) is 0.0205. The van der Waals surface area contributed by atoms with Crippen LogP contribution in [0.1, 0.15) is 53.0 Å². The molecule has 0 radical (unpaired) electrons. The van der Waals surface area contributed by atoms with Crippen LogP contribution in [0.5, 0.6) is 11.5 Å². The Hall–Kier alpha value is -6.53. The second kappa shape index (κ2) is 17.9. The molecule has 0 fully saturated rings. The Morgan fingerprint density at radius 3 is 1.66 bits per heavy atom. The standard InChI is InChI=1S/C47H39F5N2O5/c1-57-32-25-23-31(24-26-32)47(29-14-4-2-5-15-29,30-16-6-3-7-17-30)53-27-13-12-22-38(45(55)59-44-42(51)40(49)39(48)41(50)43(44)52)54-46(56)58-28-37-35-20-10-8-18-33(35)34-19-9-11-21-36(34)37/h2-11,14-21,23-26,37-38,53H,12-13,22,27-28H2,1H3,(H,54,56). The topological polar surface area (TPSA) is 85.9 Å². The van der Waals surface area contributed by atoms with E-state index in [2.05, 4.69) is 10.6 Å². The number of rotatable bonds is 15. The summed E-state index contributed by atoms with van der Waals surface area (Å²) < 4.78 is 87.0. The van der Waals surface area contributed by atoms with Crippen molar-refractivity contribution in [3.8, 4) is 22.6 Å². The third kappa shape index (κ3) is 8.26. The first-order valence-electron chi connectivity index (χ1n) is 19.0. The number of carbonyl (C=O) groups is 2. The monoisotopic (exact) mass is 806 g/mol. The minimum atomic E-state index is -2.41. The van der Waals surface area contributed by atoms with E-state index in [1.807, 2.05) is 133 Å². The summed E-state index contributed by atoms with van der Waals surface area (Å²) >= 11 is 0. The lowest BCUT2D eigenvalue weighted by molar-refractivity contribution is -0.137. The van der Waals surface area contributed by atoms with Gasteiger partial charge in [0, 0.05) is 5.92 Å². The van der Waals surface area contributed by atoms with E-state index in [0.29, 0.717) is 18.7 Å². The van der Waals surface area contributed by atoms with Gasteiger partial charge in [0.2, 0.25) is 34.8 Å². The maximum absolute atomic E-state index is 14.6. The van der Waals surface area contributed by atoms with E-state index in [0.717, 1.165) is 38.9 Å². The number of nitrogens with one attached hydrogen (secondary N) is 2. The van der Waals surface area contributed by atoms with Crippen molar-refractivity contribution in [3.05, 3.63) is 190 Å². The third-order valence-electron chi connectivity index (χ3n) is 10.5. The predicted octanol–water partition coefficient (Wildman–Crippen LogP) is 9.96. The van der Waals surface area contributed by atoms with E-state index < -0.39 is 58.5 Å². The lowest BCUT2D eigenvalue weighted by Crippen LogP contribution is -2.45. The maximum atomic E-state index is 14.6. The number of benzene rings is 6. The summed E-state index contributed by atoms with van der Waals surface area (Å²) in [6, 6.07) is 41.0. The van der Waals surface area contributed by atoms with E-state index >= 15 is 0 Å². The van der Waals surface area contributed by atoms with Crippen LogP contribution in [0, 0.1) is 29.1 Å². The lowest BCUT2D eigenvalue weighted by atomic mass is 9.77. The molecular weight excluding hydrogens is 768 g/mol. The van der Waals surface area contributed by atoms with Crippen LogP contribution in [0.25, 0.3) is 11.1 Å². The van der Waals surface area contributed by atoms with Crippen LogP contribution >= 0.6 is 0 Å². The number of carbonyl (C=O) groups excluding carboxylic acids is 2. The fourth-order valence-electron chi connectivity index (χ4n) is 7.65. The Bertz CT molecular complexity index is 2320. The molecule has 0 spiro atoms. The van der Waals surface area contributed by atoms with Crippen LogP contribution in [0.2, 0.25) is 0 Å². The molecule has 1 aliphatic rings. The zero-order chi connectivity index (χ0) is 41.5. The van der Waals surface area contributed by atoms with E-state index in [9.17, 15) is 31.5 Å². The van der Waals surface area contributed by atoms with Gasteiger partial charge in [0.1, 0.15) is 18.4 Å². The highest BCUT2D eigenvalue weighted by Gasteiger charge is 2.37. The zero-order valence-electron chi connectivity index (χ0n) is 31.8. The van der Waals surface area contributed by atoms with Gasteiger partial charge < -0.3 is 19.5 Å². The van der Waals surface area contributed by atoms with E-state index in [4.69, 9.17) is 14.2 Å². The molecule has 302 valence electrons. The summed E-state index contributed by atoms with van der Waals surface area (Å²) in [6.07, 6.45) is -0.561. The molecule has 0 bridgehead atoms. The molecule has 7 rings (SSSR count). The molecule has 6 aromatic carbocycles. The van der Waals surface area contributed by atoms with Gasteiger partial charge in [-0.05, 0) is 76.9 Å². The van der Waals surface area contributed by atoms with Crippen LogP contribution in [-0.2, 0) is 15.1 Å². The van der Waals surface area contributed by atoms with Gasteiger partial charge in [-0.25, -0.2) is 22.8 Å². The van der Waals surface area contributed by atoms with Crippen molar-refractivity contribution in [3.63, 3.8) is 0 Å². The van der Waals surface area contributed by atoms with E-state index in [-0.39, 0.29) is 25.4 Å². The third-order valence-corrected chi connectivity index (χ3v) is 10.5. The summed E-state index contributed by atoms with van der Waals surface area (Å²) in [4.78, 5) is 26.8. The number of alkyl carbamates (subject to hydrolysis) is 1. The smallest absolute Gasteiger partial charge is 0.407 e. The Morgan fingerprint density at radius 2 is 1.12 bits per heavy atom. The highest BCUT2D eigenvalue weighted by atomic mass is 19.2. The largest absolute Gasteiger partial charge is 0.497 e. The van der Waals surface area contributed by atoms with Crippen molar-refractivity contribution in [2.75, 3.05) is 20.3 Å². The summed E-state index contributed by atoms with van der Waals surface area (Å²) in [6.45, 7) is 0.246. The summed E-state index contributed by atoms with van der Waals surface area (Å²) in [7, 11) is 1.59. The first-order valence-corrected chi connectivity index (χ1v) is 19.0. The molecule has 1 atom stereocenters. The SMILES string of the molecule is COc1ccc(C(NCCCCC(NC(=O)OCC2c3ccccc3-c3ccccc32)C(=O)Oc2c(F)c(F)c(F)c(F)c2F)(c2ccccc2)c2ccccc2)cc1. The molecule has 1 unspecified atom stereocenters. The Morgan fingerprint density at radius 1 is 0.627 bits per heavy atom. The molecule has 1 aliphatic carbocycles. The van der Waals surface area contributed by atoms with Crippen LogP contribution in [0.3, 0.4) is 0 Å². The number of fused-ring (bicyclic) bond motifs is 3. The summed E-state index contributed by atoms with van der Waals surface area (Å²) in [5, 5.41) is 6.13. The van der Waals surface area contributed by atoms with Gasteiger partial charge in [0.25, 0.3) is 0 Å². The first kappa shape index (κ1) is 40.7. The molecule has 0 aromatic heterocycles. The Kier molecular flexibility index (Phi) is 12.4. The van der Waals surface area contributed by atoms with Crippen molar-refractivity contribution in [2.24, 2.45) is 0 Å². The van der Waals surface area contributed by atoms with Crippen molar-refractivity contribution in [1.82, 2.24) is 10.6 Å². The number of halogens is 5. The molecule has 0 heterocycles. The second-order valence-corrected chi connectivity index (χ2v) is 14.0. The van der Waals surface area contributed by atoms with Gasteiger partial charge >= 0.3 is 12.1 Å². The molecule has 0 saturated heterocycles. The fraction of sp³-hybridized carbons (Fsp3) is 0.191. The van der Waals surface area contributed by atoms with Gasteiger partial charge in [-0.15, -0.1) is 0 Å². The highest BCUT2D eigenvalue weighted by molar-refractivity contribution is 5.83. The second-order valence-electron chi connectivity index (χ2n) is 14.0. The molecule has 6 aromatic rings. The molecule has 12 heteroatoms. The summed E-state index contributed by atoms with van der Waals surface area (Å²) in [5.74, 6) is -14.5. The number of amides is 1. The maximum Gasteiger partial charge on any atom is 0.407 e. The van der Waals surface area contributed by atoms with Crippen molar-refractivity contribution in [1.29, 1.82) is 0 Å². The van der Waals surface area contributed by atoms with Crippen LogP contribution < -0.4 is 20.1 Å². The van der Waals surface area contributed by atoms with Crippen LogP contribution in [-0.4, -0.2) is 38.4 Å². The van der Waals surface area contributed by atoms with Gasteiger partial charge in [-0.2, -0.15) is 8.78 Å². The lowest BCUT2D eigenvalue weighted by Gasteiger charge is -2.37. The fourth-order valence-corrected chi connectivity index (χ4v) is 7.65. The van der Waals surface area contributed by atoms with E-state index in [1.54, 1.807) is 7.11 Å². The number of hydrogen-bond donors (Lipinski definition) is 2. The Balaban J connectivity index is 1.10. The predicted molar refractivity (Wildman–Crippen MR) is 211 cm³/mol. The van der Waals surface area contributed by atoms with Crippen molar-refractivity contribution in [2.45, 2.75) is 36.8 Å². The molecular formula is C47H39F5N2O5. The normalized spacial score (nSPS) is 12.6. The van der Waals surface area contributed by atoms with Crippen LogP contribution in [0.4, 0.5) is 26.7 Å². The van der Waals surface area contributed by atoms with Gasteiger partial charge in [0.15, 0.2) is 0 Å².